The van der Waals surface area contributed by atoms with E-state index in [1.165, 1.54) is 0 Å². The second-order valence-electron chi connectivity index (χ2n) is 4.78. The molecule has 0 aliphatic carbocycles. The number of nitrogens with two attached hydrogens (primary N) is 1. The molecular weight excluding hydrogens is 228 g/mol. The second-order valence-corrected chi connectivity index (χ2v) is 4.78. The van der Waals surface area contributed by atoms with Gasteiger partial charge in [-0.15, -0.1) is 0 Å². The molecule has 0 aromatic carbocycles. The topological polar surface area (TPSA) is 77.8 Å². The van der Waals surface area contributed by atoms with E-state index in [0.29, 0.717) is 24.1 Å². The lowest BCUT2D eigenvalue weighted by molar-refractivity contribution is 0.333. The fourth-order valence-corrected chi connectivity index (χ4v) is 1.76. The summed E-state index contributed by atoms with van der Waals surface area (Å²) in [5.41, 5.74) is 6.91. The monoisotopic (exact) mass is 246 g/mol. The number of rotatable bonds is 5. The van der Waals surface area contributed by atoms with Gasteiger partial charge in [-0.05, 0) is 24.5 Å². The molecule has 2 rings (SSSR count). The predicted octanol–water partition coefficient (Wildman–Crippen LogP) is 2.10. The average Bonchev–Trinajstić information content (AvgIpc) is 2.78. The van der Waals surface area contributed by atoms with Crippen molar-refractivity contribution in [1.29, 1.82) is 0 Å². The Hall–Kier alpha value is -1.75. The minimum Gasteiger partial charge on any atom is -0.338 e. The van der Waals surface area contributed by atoms with Gasteiger partial charge in [0, 0.05) is 11.9 Å². The maximum absolute atomic E-state index is 5.99. The number of hydrogen-bond acceptors (Lipinski definition) is 5. The van der Waals surface area contributed by atoms with Crippen LogP contribution in [0, 0.1) is 5.92 Å². The fraction of sp³-hybridized carbons (Fsp3) is 0.462. The van der Waals surface area contributed by atoms with Crippen LogP contribution in [0.15, 0.2) is 28.9 Å². The van der Waals surface area contributed by atoms with Gasteiger partial charge in [-0.1, -0.05) is 25.1 Å². The van der Waals surface area contributed by atoms with Gasteiger partial charge in [-0.3, -0.25) is 4.98 Å². The first-order valence-electron chi connectivity index (χ1n) is 6.13. The van der Waals surface area contributed by atoms with Crippen LogP contribution in [-0.2, 0) is 6.42 Å². The summed E-state index contributed by atoms with van der Waals surface area (Å²) < 4.78 is 5.19. The summed E-state index contributed by atoms with van der Waals surface area (Å²) in [5, 5.41) is 3.93. The zero-order valence-corrected chi connectivity index (χ0v) is 10.7. The number of nitrogens with zero attached hydrogens (tertiary/aromatic N) is 3. The molecule has 5 nitrogen and oxygen atoms in total. The highest BCUT2D eigenvalue weighted by molar-refractivity contribution is 5.09. The molecule has 96 valence electrons. The Morgan fingerprint density at radius 1 is 1.33 bits per heavy atom. The molecule has 5 heteroatoms. The standard InChI is InChI=1S/C13H18N4O/c1-9(2)7-11(14)13-16-12(17-18-13)8-10-5-3-4-6-15-10/h3-6,9,11H,7-8,14H2,1-2H3/t11-/m1/s1. The van der Waals surface area contributed by atoms with Crippen LogP contribution in [0.2, 0.25) is 0 Å². The van der Waals surface area contributed by atoms with E-state index in [1.54, 1.807) is 6.20 Å². The molecule has 0 unspecified atom stereocenters. The summed E-state index contributed by atoms with van der Waals surface area (Å²) in [6.07, 6.45) is 3.16. The summed E-state index contributed by atoms with van der Waals surface area (Å²) in [6.45, 7) is 4.23. The van der Waals surface area contributed by atoms with Crippen molar-refractivity contribution >= 4 is 0 Å². The molecular formula is C13H18N4O. The zero-order valence-electron chi connectivity index (χ0n) is 10.7. The van der Waals surface area contributed by atoms with Gasteiger partial charge in [0.2, 0.25) is 5.89 Å². The van der Waals surface area contributed by atoms with Gasteiger partial charge in [0.1, 0.15) is 0 Å². The van der Waals surface area contributed by atoms with Gasteiger partial charge in [0.15, 0.2) is 5.82 Å². The maximum Gasteiger partial charge on any atom is 0.243 e. The predicted molar refractivity (Wildman–Crippen MR) is 67.7 cm³/mol. The Labute approximate surface area is 106 Å². The molecule has 2 N–H and O–H groups in total. The Morgan fingerprint density at radius 2 is 2.17 bits per heavy atom. The van der Waals surface area contributed by atoms with Crippen LogP contribution in [-0.4, -0.2) is 15.1 Å². The van der Waals surface area contributed by atoms with Crippen molar-refractivity contribution in [3.05, 3.63) is 41.8 Å². The van der Waals surface area contributed by atoms with Crippen molar-refractivity contribution in [3.8, 4) is 0 Å². The third-order valence-electron chi connectivity index (χ3n) is 2.59. The van der Waals surface area contributed by atoms with Gasteiger partial charge in [-0.2, -0.15) is 4.98 Å². The van der Waals surface area contributed by atoms with Crippen LogP contribution in [0.1, 0.15) is 43.7 Å². The van der Waals surface area contributed by atoms with Gasteiger partial charge in [0.05, 0.1) is 12.5 Å². The van der Waals surface area contributed by atoms with Crippen LogP contribution in [0.4, 0.5) is 0 Å². The van der Waals surface area contributed by atoms with Crippen molar-refractivity contribution in [2.75, 3.05) is 0 Å². The lowest BCUT2D eigenvalue weighted by Crippen LogP contribution is -2.13. The van der Waals surface area contributed by atoms with Crippen LogP contribution >= 0.6 is 0 Å². The molecule has 1 atom stereocenters. The van der Waals surface area contributed by atoms with Crippen molar-refractivity contribution in [2.45, 2.75) is 32.7 Å². The van der Waals surface area contributed by atoms with Crippen molar-refractivity contribution < 1.29 is 4.52 Å². The summed E-state index contributed by atoms with van der Waals surface area (Å²) >= 11 is 0. The lowest BCUT2D eigenvalue weighted by Gasteiger charge is -2.08. The van der Waals surface area contributed by atoms with E-state index in [-0.39, 0.29) is 6.04 Å². The van der Waals surface area contributed by atoms with Crippen LogP contribution < -0.4 is 5.73 Å². The Bertz CT molecular complexity index is 481. The van der Waals surface area contributed by atoms with E-state index in [9.17, 15) is 0 Å². The molecule has 0 amide bonds. The SMILES string of the molecule is CC(C)C[C@@H](N)c1nc(Cc2ccccn2)no1. The van der Waals surface area contributed by atoms with Gasteiger partial charge in [0.25, 0.3) is 0 Å². The minimum absolute atomic E-state index is 0.185. The van der Waals surface area contributed by atoms with Gasteiger partial charge >= 0.3 is 0 Å². The molecule has 0 saturated carbocycles. The molecule has 0 fully saturated rings. The highest BCUT2D eigenvalue weighted by Crippen LogP contribution is 2.17. The first-order valence-corrected chi connectivity index (χ1v) is 6.13. The normalized spacial score (nSPS) is 12.9. The number of pyridine rings is 1. The molecule has 0 aliphatic heterocycles. The molecule has 2 aromatic rings. The van der Waals surface area contributed by atoms with E-state index in [4.69, 9.17) is 10.3 Å². The van der Waals surface area contributed by atoms with Crippen LogP contribution in [0.25, 0.3) is 0 Å². The first kappa shape index (κ1) is 12.7. The average molecular weight is 246 g/mol. The molecule has 2 aromatic heterocycles. The quantitative estimate of drug-likeness (QED) is 0.874. The molecule has 18 heavy (non-hydrogen) atoms. The van der Waals surface area contributed by atoms with E-state index >= 15 is 0 Å². The summed E-state index contributed by atoms with van der Waals surface area (Å²) in [7, 11) is 0. The minimum atomic E-state index is -0.185. The summed E-state index contributed by atoms with van der Waals surface area (Å²) in [5.74, 6) is 1.64. The third kappa shape index (κ3) is 3.37. The number of aromatic nitrogens is 3. The van der Waals surface area contributed by atoms with Crippen molar-refractivity contribution in [3.63, 3.8) is 0 Å². The first-order chi connectivity index (χ1) is 8.65. The third-order valence-corrected chi connectivity index (χ3v) is 2.59. The molecule has 0 radical (unpaired) electrons. The molecule has 2 heterocycles. The Balaban J connectivity index is 2.02. The maximum atomic E-state index is 5.99. The largest absolute Gasteiger partial charge is 0.338 e. The van der Waals surface area contributed by atoms with Gasteiger partial charge < -0.3 is 10.3 Å². The second kappa shape index (κ2) is 5.73. The van der Waals surface area contributed by atoms with E-state index in [0.717, 1.165) is 12.1 Å². The molecule has 0 spiro atoms. The summed E-state index contributed by atoms with van der Waals surface area (Å²) in [4.78, 5) is 8.54. The van der Waals surface area contributed by atoms with Crippen molar-refractivity contribution in [1.82, 2.24) is 15.1 Å². The van der Waals surface area contributed by atoms with Gasteiger partial charge in [-0.25, -0.2) is 0 Å². The van der Waals surface area contributed by atoms with E-state index in [1.807, 2.05) is 18.2 Å². The molecule has 0 saturated heterocycles. The molecule has 0 aliphatic rings. The van der Waals surface area contributed by atoms with Crippen LogP contribution in [0.3, 0.4) is 0 Å². The highest BCUT2D eigenvalue weighted by Gasteiger charge is 2.16. The molecule has 0 bridgehead atoms. The number of hydrogen-bond donors (Lipinski definition) is 1. The van der Waals surface area contributed by atoms with Crippen molar-refractivity contribution in [2.24, 2.45) is 11.7 Å². The van der Waals surface area contributed by atoms with E-state index < -0.39 is 0 Å². The highest BCUT2D eigenvalue weighted by atomic mass is 16.5. The van der Waals surface area contributed by atoms with Crippen LogP contribution in [0.5, 0.6) is 0 Å². The fourth-order valence-electron chi connectivity index (χ4n) is 1.76. The summed E-state index contributed by atoms with van der Waals surface area (Å²) in [6, 6.07) is 5.57. The Morgan fingerprint density at radius 3 is 2.83 bits per heavy atom. The smallest absolute Gasteiger partial charge is 0.243 e. The zero-order chi connectivity index (χ0) is 13.0. The Kier molecular flexibility index (Phi) is 4.04. The van der Waals surface area contributed by atoms with E-state index in [2.05, 4.69) is 29.0 Å². The lowest BCUT2D eigenvalue weighted by atomic mass is 10.0.